The van der Waals surface area contributed by atoms with E-state index in [0.717, 1.165) is 36.6 Å². The van der Waals surface area contributed by atoms with Crippen LogP contribution in [0.1, 0.15) is 88.1 Å². The van der Waals surface area contributed by atoms with Crippen LogP contribution in [0.25, 0.3) is 0 Å². The van der Waals surface area contributed by atoms with Gasteiger partial charge in [-0.15, -0.1) is 11.3 Å². The molecule has 0 bridgehead atoms. The van der Waals surface area contributed by atoms with E-state index in [9.17, 15) is 13.6 Å². The normalized spacial score (nSPS) is 17.6. The SMILES string of the molecule is CCC[C@H](NC1CCc2c(F)cc(F)cc2C1)C(=O)Nc1ncc(C(C)CCCC(C)(C)OC)s1. The van der Waals surface area contributed by atoms with E-state index < -0.39 is 11.6 Å². The average Bonchev–Trinajstić information content (AvgIpc) is 3.27. The van der Waals surface area contributed by atoms with Crippen molar-refractivity contribution in [2.24, 2.45) is 0 Å². The van der Waals surface area contributed by atoms with Gasteiger partial charge in [-0.3, -0.25) is 4.79 Å². The first-order chi connectivity index (χ1) is 16.6. The Morgan fingerprint density at radius 2 is 2.09 bits per heavy atom. The zero-order chi connectivity index (χ0) is 25.6. The number of benzene rings is 1. The molecule has 0 saturated carbocycles. The molecule has 0 saturated heterocycles. The molecule has 0 fully saturated rings. The predicted octanol–water partition coefficient (Wildman–Crippen LogP) is 6.37. The van der Waals surface area contributed by atoms with Gasteiger partial charge in [-0.05, 0) is 81.9 Å². The first-order valence-corrected chi connectivity index (χ1v) is 13.5. The third-order valence-electron chi connectivity index (χ3n) is 7.00. The Bertz CT molecular complexity index is 995. The Labute approximate surface area is 212 Å². The van der Waals surface area contributed by atoms with Crippen molar-refractivity contribution in [2.75, 3.05) is 12.4 Å². The molecule has 2 aromatic rings. The lowest BCUT2D eigenvalue weighted by atomic mass is 9.87. The van der Waals surface area contributed by atoms with Crippen molar-refractivity contribution in [3.63, 3.8) is 0 Å². The predicted molar refractivity (Wildman–Crippen MR) is 138 cm³/mol. The number of fused-ring (bicyclic) bond motifs is 1. The van der Waals surface area contributed by atoms with Crippen LogP contribution in [0.3, 0.4) is 0 Å². The number of hydrogen-bond acceptors (Lipinski definition) is 5. The van der Waals surface area contributed by atoms with Crippen molar-refractivity contribution in [1.29, 1.82) is 0 Å². The van der Waals surface area contributed by atoms with Crippen LogP contribution >= 0.6 is 11.3 Å². The fourth-order valence-electron chi connectivity index (χ4n) is 4.65. The monoisotopic (exact) mass is 507 g/mol. The molecule has 1 amide bonds. The second-order valence-corrected chi connectivity index (χ2v) is 11.3. The minimum absolute atomic E-state index is 0.00534. The van der Waals surface area contributed by atoms with E-state index in [1.807, 2.05) is 13.1 Å². The first-order valence-electron chi connectivity index (χ1n) is 12.7. The number of anilines is 1. The molecule has 8 heteroatoms. The van der Waals surface area contributed by atoms with E-state index in [-0.39, 0.29) is 23.6 Å². The summed E-state index contributed by atoms with van der Waals surface area (Å²) in [5.41, 5.74) is 1.17. The molecule has 1 aromatic carbocycles. The van der Waals surface area contributed by atoms with E-state index in [4.69, 9.17) is 4.74 Å². The minimum atomic E-state index is -0.555. The highest BCUT2D eigenvalue weighted by molar-refractivity contribution is 7.15. The molecule has 1 aliphatic rings. The quantitative estimate of drug-likeness (QED) is 0.350. The van der Waals surface area contributed by atoms with E-state index in [1.165, 1.54) is 17.4 Å². The molecule has 5 nitrogen and oxygen atoms in total. The summed E-state index contributed by atoms with van der Waals surface area (Å²) in [6, 6.07) is 1.97. The van der Waals surface area contributed by atoms with Crippen LogP contribution in [0.4, 0.5) is 13.9 Å². The van der Waals surface area contributed by atoms with Crippen LogP contribution in [-0.4, -0.2) is 35.7 Å². The molecule has 0 spiro atoms. The number of halogens is 2. The Hall–Kier alpha value is -1.90. The van der Waals surface area contributed by atoms with Crippen molar-refractivity contribution in [3.05, 3.63) is 46.0 Å². The zero-order valence-corrected chi connectivity index (χ0v) is 22.4. The zero-order valence-electron chi connectivity index (χ0n) is 21.5. The maximum Gasteiger partial charge on any atom is 0.243 e. The van der Waals surface area contributed by atoms with Crippen LogP contribution in [0.2, 0.25) is 0 Å². The van der Waals surface area contributed by atoms with Gasteiger partial charge in [0.1, 0.15) is 11.6 Å². The number of carbonyl (C=O) groups is 1. The van der Waals surface area contributed by atoms with Crippen molar-refractivity contribution in [2.45, 2.75) is 103 Å². The van der Waals surface area contributed by atoms with Crippen molar-refractivity contribution < 1.29 is 18.3 Å². The number of amides is 1. The van der Waals surface area contributed by atoms with Gasteiger partial charge < -0.3 is 15.4 Å². The first kappa shape index (κ1) is 27.7. The number of hydrogen-bond donors (Lipinski definition) is 2. The Morgan fingerprint density at radius 3 is 2.80 bits per heavy atom. The highest BCUT2D eigenvalue weighted by Crippen LogP contribution is 2.31. The maximum absolute atomic E-state index is 14.1. The van der Waals surface area contributed by atoms with Crippen molar-refractivity contribution in [1.82, 2.24) is 10.3 Å². The van der Waals surface area contributed by atoms with Gasteiger partial charge in [0.25, 0.3) is 0 Å². The Morgan fingerprint density at radius 1 is 1.31 bits per heavy atom. The largest absolute Gasteiger partial charge is 0.379 e. The summed E-state index contributed by atoms with van der Waals surface area (Å²) in [6.07, 6.45) is 8.22. The van der Waals surface area contributed by atoms with Gasteiger partial charge in [0.15, 0.2) is 5.13 Å². The van der Waals surface area contributed by atoms with Crippen LogP contribution < -0.4 is 10.6 Å². The number of nitrogens with one attached hydrogen (secondary N) is 2. The molecule has 0 aliphatic heterocycles. The topological polar surface area (TPSA) is 63.2 Å². The molecular weight excluding hydrogens is 468 g/mol. The lowest BCUT2D eigenvalue weighted by Crippen LogP contribution is -2.47. The van der Waals surface area contributed by atoms with Gasteiger partial charge in [-0.2, -0.15) is 0 Å². The van der Waals surface area contributed by atoms with Crippen LogP contribution in [0, 0.1) is 11.6 Å². The fraction of sp³-hybridized carbons (Fsp3) is 0.630. The summed E-state index contributed by atoms with van der Waals surface area (Å²) in [6.45, 7) is 8.42. The van der Waals surface area contributed by atoms with Crippen LogP contribution in [0.5, 0.6) is 0 Å². The van der Waals surface area contributed by atoms with Gasteiger partial charge >= 0.3 is 0 Å². The van der Waals surface area contributed by atoms with E-state index in [1.54, 1.807) is 7.11 Å². The van der Waals surface area contributed by atoms with Crippen molar-refractivity contribution in [3.8, 4) is 0 Å². The molecule has 0 radical (unpaired) electrons. The summed E-state index contributed by atoms with van der Waals surface area (Å²) in [5, 5.41) is 7.03. The molecule has 2 N–H and O–H groups in total. The van der Waals surface area contributed by atoms with Gasteiger partial charge in [0.2, 0.25) is 5.91 Å². The average molecular weight is 508 g/mol. The number of nitrogens with zero attached hydrogens (tertiary/aromatic N) is 1. The molecule has 1 aromatic heterocycles. The fourth-order valence-corrected chi connectivity index (χ4v) is 5.56. The number of thiazole rings is 1. The standard InChI is InChI=1S/C27H39F2N3O2S/c1-6-8-23(31-20-10-11-21-18(14-20)13-19(28)15-22(21)29)25(33)32-26-30-16-24(35-26)17(2)9-7-12-27(3,4)34-5/h13,15-17,20,23,31H,6-12,14H2,1-5H3,(H,30,32,33)/t17?,20?,23-/m0/s1. The third kappa shape index (κ3) is 7.79. The molecule has 35 heavy (non-hydrogen) atoms. The van der Waals surface area contributed by atoms with E-state index in [2.05, 4.69) is 36.4 Å². The summed E-state index contributed by atoms with van der Waals surface area (Å²) >= 11 is 1.52. The van der Waals surface area contributed by atoms with E-state index >= 15 is 0 Å². The van der Waals surface area contributed by atoms with Gasteiger partial charge in [-0.1, -0.05) is 20.3 Å². The number of methoxy groups -OCH3 is 1. The number of carbonyl (C=O) groups excluding carboxylic acids is 1. The highest BCUT2D eigenvalue weighted by Gasteiger charge is 2.27. The number of aromatic nitrogens is 1. The second-order valence-electron chi connectivity index (χ2n) is 10.3. The molecule has 2 unspecified atom stereocenters. The summed E-state index contributed by atoms with van der Waals surface area (Å²) in [7, 11) is 1.75. The lowest BCUT2D eigenvalue weighted by molar-refractivity contribution is -0.118. The maximum atomic E-state index is 14.1. The highest BCUT2D eigenvalue weighted by atomic mass is 32.1. The van der Waals surface area contributed by atoms with Gasteiger partial charge in [-0.25, -0.2) is 13.8 Å². The Kier molecular flexibility index (Phi) is 9.78. The smallest absolute Gasteiger partial charge is 0.243 e. The van der Waals surface area contributed by atoms with Gasteiger partial charge in [0.05, 0.1) is 11.6 Å². The summed E-state index contributed by atoms with van der Waals surface area (Å²) < 4.78 is 33.3. The number of rotatable bonds is 12. The summed E-state index contributed by atoms with van der Waals surface area (Å²) in [4.78, 5) is 18.7. The van der Waals surface area contributed by atoms with E-state index in [0.29, 0.717) is 47.9 Å². The second kappa shape index (κ2) is 12.4. The molecule has 3 rings (SSSR count). The molecule has 1 heterocycles. The number of ether oxygens (including phenoxy) is 1. The molecule has 194 valence electrons. The molecule has 3 atom stereocenters. The molecule has 1 aliphatic carbocycles. The third-order valence-corrected chi connectivity index (χ3v) is 8.14. The van der Waals surface area contributed by atoms with Crippen molar-refractivity contribution >= 4 is 22.4 Å². The summed E-state index contributed by atoms with van der Waals surface area (Å²) in [5.74, 6) is -0.782. The molecular formula is C27H39F2N3O2S. The van der Waals surface area contributed by atoms with Crippen LogP contribution in [-0.2, 0) is 22.4 Å². The lowest BCUT2D eigenvalue weighted by Gasteiger charge is -2.29. The van der Waals surface area contributed by atoms with Crippen LogP contribution in [0.15, 0.2) is 18.3 Å². The minimum Gasteiger partial charge on any atom is -0.379 e. The van der Waals surface area contributed by atoms with Gasteiger partial charge in [0, 0.05) is 30.3 Å². The Balaban J connectivity index is 1.56.